The van der Waals surface area contributed by atoms with Gasteiger partial charge in [0.25, 0.3) is 0 Å². The largest absolute Gasteiger partial charge is 0.339 e. The lowest BCUT2D eigenvalue weighted by Gasteiger charge is -2.04. The van der Waals surface area contributed by atoms with Crippen LogP contribution in [0.5, 0.6) is 0 Å². The van der Waals surface area contributed by atoms with Gasteiger partial charge in [-0.1, -0.05) is 5.16 Å². The zero-order valence-electron chi connectivity index (χ0n) is 9.01. The lowest BCUT2D eigenvalue weighted by Crippen LogP contribution is -2.13. The predicted molar refractivity (Wildman–Crippen MR) is 61.4 cm³/mol. The van der Waals surface area contributed by atoms with Crippen LogP contribution in [-0.2, 0) is 0 Å². The summed E-state index contributed by atoms with van der Waals surface area (Å²) in [6.45, 7) is 2.05. The molecule has 0 radical (unpaired) electrons. The van der Waals surface area contributed by atoms with E-state index in [-0.39, 0.29) is 6.04 Å². The van der Waals surface area contributed by atoms with Crippen LogP contribution in [0.4, 0.5) is 0 Å². The monoisotopic (exact) mass is 235 g/mol. The van der Waals surface area contributed by atoms with Crippen molar-refractivity contribution in [2.75, 3.05) is 0 Å². The fourth-order valence-corrected chi connectivity index (χ4v) is 2.61. The quantitative estimate of drug-likeness (QED) is 0.887. The third-order valence-corrected chi connectivity index (χ3v) is 3.95. The van der Waals surface area contributed by atoms with Crippen molar-refractivity contribution in [2.45, 2.75) is 31.7 Å². The Labute approximate surface area is 97.5 Å². The van der Waals surface area contributed by atoms with E-state index in [0.717, 1.165) is 23.6 Å². The molecule has 1 unspecified atom stereocenters. The van der Waals surface area contributed by atoms with Gasteiger partial charge in [0.05, 0.1) is 0 Å². The summed E-state index contributed by atoms with van der Waals surface area (Å²) in [6.07, 6.45) is 2.32. The minimum atomic E-state index is -0.253. The van der Waals surface area contributed by atoms with E-state index < -0.39 is 0 Å². The summed E-state index contributed by atoms with van der Waals surface area (Å²) in [6, 6.07) is 1.80. The van der Waals surface area contributed by atoms with Crippen LogP contribution in [0, 0.1) is 6.92 Å². The molecule has 16 heavy (non-hydrogen) atoms. The Kier molecular flexibility index (Phi) is 2.29. The average Bonchev–Trinajstić information content (AvgIpc) is 2.86. The Morgan fingerprint density at radius 3 is 3.00 bits per heavy atom. The topological polar surface area (TPSA) is 64.9 Å². The zero-order valence-corrected chi connectivity index (χ0v) is 9.83. The molecule has 0 aliphatic heterocycles. The summed E-state index contributed by atoms with van der Waals surface area (Å²) in [5, 5.41) is 6.00. The molecule has 1 aliphatic carbocycles. The van der Waals surface area contributed by atoms with Crippen molar-refractivity contribution >= 4 is 11.3 Å². The second-order valence-corrected chi connectivity index (χ2v) is 5.16. The van der Waals surface area contributed by atoms with Crippen LogP contribution in [0.1, 0.15) is 47.0 Å². The van der Waals surface area contributed by atoms with Gasteiger partial charge in [-0.2, -0.15) is 4.98 Å². The van der Waals surface area contributed by atoms with Gasteiger partial charge in [0.2, 0.25) is 5.89 Å². The first-order valence-electron chi connectivity index (χ1n) is 5.39. The summed E-state index contributed by atoms with van der Waals surface area (Å²) < 4.78 is 5.21. The second-order valence-electron chi connectivity index (χ2n) is 4.21. The molecule has 2 N–H and O–H groups in total. The fourth-order valence-electron chi connectivity index (χ4n) is 1.69. The van der Waals surface area contributed by atoms with E-state index in [1.54, 1.807) is 11.3 Å². The highest BCUT2D eigenvalue weighted by atomic mass is 32.1. The van der Waals surface area contributed by atoms with Crippen molar-refractivity contribution in [3.05, 3.63) is 33.6 Å². The molecule has 0 saturated heterocycles. The molecule has 2 aromatic heterocycles. The summed E-state index contributed by atoms with van der Waals surface area (Å²) >= 11 is 1.64. The number of rotatable bonds is 3. The third-order valence-electron chi connectivity index (χ3n) is 2.85. The van der Waals surface area contributed by atoms with E-state index >= 15 is 0 Å². The highest BCUT2D eigenvalue weighted by Crippen LogP contribution is 2.39. The Bertz CT molecular complexity index is 501. The molecule has 84 valence electrons. The highest BCUT2D eigenvalue weighted by Gasteiger charge is 2.30. The molecule has 4 nitrogen and oxygen atoms in total. The molecule has 2 heterocycles. The van der Waals surface area contributed by atoms with Crippen molar-refractivity contribution < 1.29 is 4.52 Å². The SMILES string of the molecule is Cc1ccsc1C(N)c1noc(C2CC2)n1. The lowest BCUT2D eigenvalue weighted by molar-refractivity contribution is 0.372. The lowest BCUT2D eigenvalue weighted by atomic mass is 10.2. The molecule has 0 aromatic carbocycles. The Balaban J connectivity index is 1.88. The van der Waals surface area contributed by atoms with Gasteiger partial charge in [-0.25, -0.2) is 0 Å². The first-order valence-corrected chi connectivity index (χ1v) is 6.26. The standard InChI is InChI=1S/C11H13N3OS/c1-6-4-5-16-9(6)8(12)10-13-11(15-14-10)7-2-3-7/h4-5,7-8H,2-3,12H2,1H3. The van der Waals surface area contributed by atoms with Gasteiger partial charge < -0.3 is 10.3 Å². The molecule has 2 aromatic rings. The van der Waals surface area contributed by atoms with E-state index in [1.807, 2.05) is 12.3 Å². The average molecular weight is 235 g/mol. The highest BCUT2D eigenvalue weighted by molar-refractivity contribution is 7.10. The number of hydrogen-bond acceptors (Lipinski definition) is 5. The van der Waals surface area contributed by atoms with Crippen molar-refractivity contribution in [1.29, 1.82) is 0 Å². The van der Waals surface area contributed by atoms with E-state index in [4.69, 9.17) is 10.3 Å². The molecule has 1 atom stereocenters. The molecule has 1 fully saturated rings. The smallest absolute Gasteiger partial charge is 0.229 e. The summed E-state index contributed by atoms with van der Waals surface area (Å²) in [7, 11) is 0. The first kappa shape index (κ1) is 9.99. The Morgan fingerprint density at radius 2 is 2.38 bits per heavy atom. The molecular weight excluding hydrogens is 222 g/mol. The van der Waals surface area contributed by atoms with Gasteiger partial charge in [0, 0.05) is 10.8 Å². The first-order chi connectivity index (χ1) is 7.75. The summed E-state index contributed by atoms with van der Waals surface area (Å²) in [4.78, 5) is 5.49. The van der Waals surface area contributed by atoms with Crippen molar-refractivity contribution in [2.24, 2.45) is 5.73 Å². The zero-order chi connectivity index (χ0) is 11.1. The Morgan fingerprint density at radius 1 is 1.56 bits per heavy atom. The number of thiophene rings is 1. The third kappa shape index (κ3) is 1.66. The van der Waals surface area contributed by atoms with Gasteiger partial charge in [-0.15, -0.1) is 11.3 Å². The van der Waals surface area contributed by atoms with E-state index in [1.165, 1.54) is 5.56 Å². The molecule has 1 aliphatic rings. The van der Waals surface area contributed by atoms with Crippen LogP contribution in [-0.4, -0.2) is 10.1 Å². The van der Waals surface area contributed by atoms with Crippen molar-refractivity contribution in [3.63, 3.8) is 0 Å². The Hall–Kier alpha value is -1.20. The maximum Gasteiger partial charge on any atom is 0.229 e. The number of aromatic nitrogens is 2. The minimum absolute atomic E-state index is 0.253. The number of hydrogen-bond donors (Lipinski definition) is 1. The van der Waals surface area contributed by atoms with Crippen LogP contribution in [0.2, 0.25) is 0 Å². The maximum absolute atomic E-state index is 6.12. The van der Waals surface area contributed by atoms with Gasteiger partial charge in [0.15, 0.2) is 5.82 Å². The summed E-state index contributed by atoms with van der Waals surface area (Å²) in [5.41, 5.74) is 7.31. The number of aryl methyl sites for hydroxylation is 1. The molecular formula is C11H13N3OS. The van der Waals surface area contributed by atoms with Crippen LogP contribution in [0.25, 0.3) is 0 Å². The number of nitrogens with zero attached hydrogens (tertiary/aromatic N) is 2. The van der Waals surface area contributed by atoms with Crippen molar-refractivity contribution in [3.8, 4) is 0 Å². The molecule has 0 amide bonds. The van der Waals surface area contributed by atoms with E-state index in [2.05, 4.69) is 16.2 Å². The van der Waals surface area contributed by atoms with Gasteiger partial charge in [0.1, 0.15) is 6.04 Å². The molecule has 5 heteroatoms. The van der Waals surface area contributed by atoms with Gasteiger partial charge >= 0.3 is 0 Å². The van der Waals surface area contributed by atoms with Crippen molar-refractivity contribution in [1.82, 2.24) is 10.1 Å². The van der Waals surface area contributed by atoms with Crippen LogP contribution >= 0.6 is 11.3 Å². The minimum Gasteiger partial charge on any atom is -0.339 e. The number of nitrogens with two attached hydrogens (primary N) is 1. The fraction of sp³-hybridized carbons (Fsp3) is 0.455. The second kappa shape index (κ2) is 3.68. The maximum atomic E-state index is 6.12. The van der Waals surface area contributed by atoms with E-state index in [0.29, 0.717) is 11.7 Å². The molecule has 1 saturated carbocycles. The van der Waals surface area contributed by atoms with Gasteiger partial charge in [-0.3, -0.25) is 0 Å². The van der Waals surface area contributed by atoms with Crippen LogP contribution < -0.4 is 5.73 Å². The normalized spacial score (nSPS) is 17.6. The van der Waals surface area contributed by atoms with E-state index in [9.17, 15) is 0 Å². The van der Waals surface area contributed by atoms with Gasteiger partial charge in [-0.05, 0) is 36.8 Å². The predicted octanol–water partition coefficient (Wildman–Crippen LogP) is 2.37. The van der Waals surface area contributed by atoms with Crippen LogP contribution in [0.3, 0.4) is 0 Å². The molecule has 0 spiro atoms. The molecule has 0 bridgehead atoms. The van der Waals surface area contributed by atoms with Crippen LogP contribution in [0.15, 0.2) is 16.0 Å². The molecule has 3 rings (SSSR count). The summed E-state index contributed by atoms with van der Waals surface area (Å²) in [5.74, 6) is 1.84.